The van der Waals surface area contributed by atoms with E-state index in [1.165, 1.54) is 0 Å². The minimum absolute atomic E-state index is 0.0453. The summed E-state index contributed by atoms with van der Waals surface area (Å²) in [5.74, 6) is -0.475. The number of hydrogen-bond donors (Lipinski definition) is 2. The van der Waals surface area contributed by atoms with E-state index in [-0.39, 0.29) is 5.56 Å². The lowest BCUT2D eigenvalue weighted by Crippen LogP contribution is -2.23. The summed E-state index contributed by atoms with van der Waals surface area (Å²) < 4.78 is 0. The number of anilines is 1. The third kappa shape index (κ3) is 3.55. The van der Waals surface area contributed by atoms with Crippen molar-refractivity contribution >= 4 is 34.0 Å². The molecule has 3 aromatic carbocycles. The highest BCUT2D eigenvalue weighted by Crippen LogP contribution is 2.23. The first-order valence-corrected chi connectivity index (χ1v) is 9.19. The molecule has 5 heteroatoms. The van der Waals surface area contributed by atoms with Crippen molar-refractivity contribution in [1.29, 1.82) is 0 Å². The second-order valence-corrected chi connectivity index (χ2v) is 7.03. The Balaban J connectivity index is 1.64. The van der Waals surface area contributed by atoms with Gasteiger partial charge in [-0.05, 0) is 59.2 Å². The third-order valence-electron chi connectivity index (χ3n) is 4.66. The van der Waals surface area contributed by atoms with Gasteiger partial charge in [-0.2, -0.15) is 0 Å². The number of aryl methyl sites for hydroxylation is 1. The fourth-order valence-electron chi connectivity index (χ4n) is 3.10. The molecule has 1 amide bonds. The van der Waals surface area contributed by atoms with E-state index in [9.17, 15) is 9.59 Å². The first kappa shape index (κ1) is 18.0. The Bertz CT molecular complexity index is 1260. The number of aromatic amines is 1. The van der Waals surface area contributed by atoms with Gasteiger partial charge in [-0.25, -0.2) is 0 Å². The van der Waals surface area contributed by atoms with Gasteiger partial charge < -0.3 is 10.3 Å². The Labute approximate surface area is 166 Å². The Hall–Kier alpha value is -3.37. The minimum atomic E-state index is -0.475. The van der Waals surface area contributed by atoms with Gasteiger partial charge in [0.25, 0.3) is 11.5 Å². The summed E-state index contributed by atoms with van der Waals surface area (Å²) in [4.78, 5) is 27.9. The molecule has 1 heterocycles. The zero-order valence-electron chi connectivity index (χ0n) is 15.1. The van der Waals surface area contributed by atoms with E-state index in [0.717, 1.165) is 21.9 Å². The fraction of sp³-hybridized carbons (Fsp3) is 0.0435. The van der Waals surface area contributed by atoms with Crippen LogP contribution in [0.1, 0.15) is 15.9 Å². The molecule has 0 aliphatic carbocycles. The maximum Gasteiger partial charge on any atom is 0.261 e. The monoisotopic (exact) mass is 388 g/mol. The lowest BCUT2D eigenvalue weighted by atomic mass is 10.0. The normalized spacial score (nSPS) is 10.8. The van der Waals surface area contributed by atoms with Gasteiger partial charge in [0.1, 0.15) is 5.56 Å². The molecular weight excluding hydrogens is 372 g/mol. The lowest BCUT2D eigenvalue weighted by molar-refractivity contribution is 0.102. The van der Waals surface area contributed by atoms with Crippen LogP contribution in [0.15, 0.2) is 77.6 Å². The number of halogens is 1. The quantitative estimate of drug-likeness (QED) is 0.493. The van der Waals surface area contributed by atoms with Crippen LogP contribution >= 0.6 is 11.6 Å². The lowest BCUT2D eigenvalue weighted by Gasteiger charge is -2.09. The molecule has 0 saturated heterocycles. The van der Waals surface area contributed by atoms with Crippen LogP contribution < -0.4 is 10.9 Å². The number of benzene rings is 3. The van der Waals surface area contributed by atoms with Crippen LogP contribution in [0, 0.1) is 6.92 Å². The largest absolute Gasteiger partial charge is 0.322 e. The Kier molecular flexibility index (Phi) is 4.72. The van der Waals surface area contributed by atoms with E-state index in [1.807, 2.05) is 55.5 Å². The molecule has 0 atom stereocenters. The first-order chi connectivity index (χ1) is 13.5. The summed E-state index contributed by atoms with van der Waals surface area (Å²) in [6.45, 7) is 1.86. The molecule has 4 rings (SSSR count). The Morgan fingerprint density at radius 2 is 1.71 bits per heavy atom. The number of carbonyl (C=O) groups excluding carboxylic acids is 1. The molecule has 4 aromatic rings. The van der Waals surface area contributed by atoms with Gasteiger partial charge in [-0.1, -0.05) is 54.1 Å². The average molecular weight is 389 g/mol. The van der Waals surface area contributed by atoms with Crippen LogP contribution in [0.2, 0.25) is 5.02 Å². The molecular formula is C23H17ClN2O2. The zero-order valence-corrected chi connectivity index (χ0v) is 15.9. The topological polar surface area (TPSA) is 62.0 Å². The van der Waals surface area contributed by atoms with E-state index in [1.54, 1.807) is 24.3 Å². The predicted molar refractivity (Wildman–Crippen MR) is 114 cm³/mol. The summed E-state index contributed by atoms with van der Waals surface area (Å²) in [6, 6.07) is 22.5. The van der Waals surface area contributed by atoms with Gasteiger partial charge >= 0.3 is 0 Å². The number of carbonyl (C=O) groups is 1. The summed E-state index contributed by atoms with van der Waals surface area (Å²) in [6.07, 6.45) is 0. The van der Waals surface area contributed by atoms with Gasteiger partial charge in [0, 0.05) is 16.4 Å². The Morgan fingerprint density at radius 1 is 0.929 bits per heavy atom. The molecule has 1 aromatic heterocycles. The van der Waals surface area contributed by atoms with Crippen molar-refractivity contribution in [2.45, 2.75) is 6.92 Å². The maximum absolute atomic E-state index is 12.5. The van der Waals surface area contributed by atoms with E-state index in [2.05, 4.69) is 10.3 Å². The highest BCUT2D eigenvalue weighted by Gasteiger charge is 2.13. The fourth-order valence-corrected chi connectivity index (χ4v) is 3.27. The van der Waals surface area contributed by atoms with Gasteiger partial charge in [0.05, 0.1) is 0 Å². The van der Waals surface area contributed by atoms with Crippen molar-refractivity contribution in [3.8, 4) is 11.3 Å². The number of H-pyrrole nitrogens is 1. The molecule has 0 fully saturated rings. The SMILES string of the molecule is Cc1ccc(Cl)cc1NC(=O)c1ccc(-c2ccc3ccccc3c2)[nH]c1=O. The number of pyridine rings is 1. The van der Waals surface area contributed by atoms with Gasteiger partial charge in [0.2, 0.25) is 0 Å². The summed E-state index contributed by atoms with van der Waals surface area (Å²) in [5.41, 5.74) is 2.59. The van der Waals surface area contributed by atoms with Crippen molar-refractivity contribution in [3.05, 3.63) is 99.3 Å². The minimum Gasteiger partial charge on any atom is -0.322 e. The number of aromatic nitrogens is 1. The van der Waals surface area contributed by atoms with Crippen LogP contribution in [0.3, 0.4) is 0 Å². The molecule has 138 valence electrons. The van der Waals surface area contributed by atoms with Gasteiger partial charge in [-0.15, -0.1) is 0 Å². The predicted octanol–water partition coefficient (Wildman–Crippen LogP) is 5.41. The maximum atomic E-state index is 12.5. The Morgan fingerprint density at radius 3 is 2.50 bits per heavy atom. The number of amides is 1. The third-order valence-corrected chi connectivity index (χ3v) is 4.90. The molecule has 0 saturated carbocycles. The van der Waals surface area contributed by atoms with E-state index in [0.29, 0.717) is 16.4 Å². The molecule has 0 unspecified atom stereocenters. The molecule has 0 radical (unpaired) electrons. The van der Waals surface area contributed by atoms with Crippen molar-refractivity contribution in [2.75, 3.05) is 5.32 Å². The number of fused-ring (bicyclic) bond motifs is 1. The molecule has 0 bridgehead atoms. The van der Waals surface area contributed by atoms with Crippen LogP contribution in [-0.2, 0) is 0 Å². The summed E-state index contributed by atoms with van der Waals surface area (Å²) in [7, 11) is 0. The highest BCUT2D eigenvalue weighted by atomic mass is 35.5. The van der Waals surface area contributed by atoms with Crippen molar-refractivity contribution in [2.24, 2.45) is 0 Å². The molecule has 2 N–H and O–H groups in total. The smallest absolute Gasteiger partial charge is 0.261 e. The number of hydrogen-bond acceptors (Lipinski definition) is 2. The summed E-state index contributed by atoms with van der Waals surface area (Å²) >= 11 is 5.99. The van der Waals surface area contributed by atoms with E-state index >= 15 is 0 Å². The van der Waals surface area contributed by atoms with Crippen LogP contribution in [0.4, 0.5) is 5.69 Å². The van der Waals surface area contributed by atoms with E-state index < -0.39 is 11.5 Å². The highest BCUT2D eigenvalue weighted by molar-refractivity contribution is 6.31. The number of rotatable bonds is 3. The van der Waals surface area contributed by atoms with Crippen molar-refractivity contribution in [1.82, 2.24) is 4.98 Å². The van der Waals surface area contributed by atoms with Gasteiger partial charge in [0.15, 0.2) is 0 Å². The van der Waals surface area contributed by atoms with Crippen LogP contribution in [-0.4, -0.2) is 10.9 Å². The standard InChI is InChI=1S/C23H17ClN2O2/c1-14-6-9-18(24)13-21(14)26-23(28)19-10-11-20(25-22(19)27)17-8-7-15-4-2-3-5-16(15)12-17/h2-13H,1H3,(H,25,27)(H,26,28). The molecule has 0 aliphatic rings. The summed E-state index contributed by atoms with van der Waals surface area (Å²) in [5, 5.41) is 5.47. The van der Waals surface area contributed by atoms with E-state index in [4.69, 9.17) is 11.6 Å². The van der Waals surface area contributed by atoms with Crippen molar-refractivity contribution in [3.63, 3.8) is 0 Å². The van der Waals surface area contributed by atoms with Crippen molar-refractivity contribution < 1.29 is 4.79 Å². The number of nitrogens with one attached hydrogen (secondary N) is 2. The molecule has 0 aliphatic heterocycles. The average Bonchev–Trinajstić information content (AvgIpc) is 2.70. The van der Waals surface area contributed by atoms with Crippen LogP contribution in [0.5, 0.6) is 0 Å². The molecule has 0 spiro atoms. The zero-order chi connectivity index (χ0) is 19.7. The van der Waals surface area contributed by atoms with Gasteiger partial charge in [-0.3, -0.25) is 9.59 Å². The second-order valence-electron chi connectivity index (χ2n) is 6.59. The second kappa shape index (κ2) is 7.33. The molecule has 4 nitrogen and oxygen atoms in total. The van der Waals surface area contributed by atoms with Crippen LogP contribution in [0.25, 0.3) is 22.0 Å². The molecule has 28 heavy (non-hydrogen) atoms. The first-order valence-electron chi connectivity index (χ1n) is 8.81.